The van der Waals surface area contributed by atoms with E-state index in [0.717, 1.165) is 19.1 Å². The smallest absolute Gasteiger partial charge is 0.411 e. The number of carbonyl (C=O) groups is 2. The Morgan fingerprint density at radius 1 is 0.892 bits per heavy atom. The van der Waals surface area contributed by atoms with Crippen molar-refractivity contribution in [1.82, 2.24) is 0 Å². The number of sulfonamides is 1. The number of anilines is 2. The molecule has 0 radical (unpaired) electrons. The molecule has 204 valence electrons. The predicted octanol–water partition coefficient (Wildman–Crippen LogP) is 6.66. The maximum Gasteiger partial charge on any atom is 0.411 e. The number of hydrogen-bond donors (Lipinski definition) is 2. The van der Waals surface area contributed by atoms with Crippen molar-refractivity contribution in [3.8, 4) is 5.75 Å². The molecule has 0 atom stereocenters. The molecule has 0 unspecified atom stereocenters. The summed E-state index contributed by atoms with van der Waals surface area (Å²) in [6, 6.07) is 12.2. The van der Waals surface area contributed by atoms with Crippen LogP contribution in [0.5, 0.6) is 5.75 Å². The fourth-order valence-corrected chi connectivity index (χ4v) is 4.01. The van der Waals surface area contributed by atoms with Crippen LogP contribution < -0.4 is 14.8 Å². The van der Waals surface area contributed by atoms with Crippen molar-refractivity contribution in [2.75, 3.05) is 16.3 Å². The maximum atomic E-state index is 12.3. The highest BCUT2D eigenvalue weighted by molar-refractivity contribution is 7.92. The second-order valence-corrected chi connectivity index (χ2v) is 12.0. The lowest BCUT2D eigenvalue weighted by atomic mass is 9.97. The van der Waals surface area contributed by atoms with Gasteiger partial charge in [0, 0.05) is 5.69 Å². The summed E-state index contributed by atoms with van der Waals surface area (Å²) in [4.78, 5) is 24.6. The normalized spacial score (nSPS) is 11.6. The molecule has 0 aromatic heterocycles. The lowest BCUT2D eigenvalue weighted by Gasteiger charge is -2.19. The van der Waals surface area contributed by atoms with E-state index >= 15 is 0 Å². The topological polar surface area (TPSA) is 111 Å². The summed E-state index contributed by atoms with van der Waals surface area (Å²) in [5.41, 5.74) is 1.69. The van der Waals surface area contributed by atoms with Crippen LogP contribution in [0, 0.1) is 5.41 Å². The van der Waals surface area contributed by atoms with Gasteiger partial charge in [0.1, 0.15) is 6.61 Å². The molecular formula is C28H40N2O6S. The summed E-state index contributed by atoms with van der Waals surface area (Å²) < 4.78 is 36.6. The van der Waals surface area contributed by atoms with Crippen LogP contribution in [0.15, 0.2) is 42.5 Å². The van der Waals surface area contributed by atoms with Crippen LogP contribution >= 0.6 is 0 Å². The zero-order chi connectivity index (χ0) is 27.5. The van der Waals surface area contributed by atoms with E-state index < -0.39 is 27.5 Å². The third-order valence-electron chi connectivity index (χ3n) is 5.54. The van der Waals surface area contributed by atoms with E-state index in [-0.39, 0.29) is 18.0 Å². The van der Waals surface area contributed by atoms with E-state index in [1.54, 1.807) is 26.8 Å². The van der Waals surface area contributed by atoms with Gasteiger partial charge in [-0.3, -0.25) is 14.8 Å². The molecule has 0 saturated carbocycles. The van der Waals surface area contributed by atoms with Gasteiger partial charge < -0.3 is 9.47 Å². The van der Waals surface area contributed by atoms with Gasteiger partial charge in [-0.25, -0.2) is 13.2 Å². The Bertz CT molecular complexity index is 1140. The average molecular weight is 533 g/mol. The van der Waals surface area contributed by atoms with Gasteiger partial charge in [0.2, 0.25) is 10.0 Å². The minimum atomic E-state index is -3.64. The number of amides is 1. The summed E-state index contributed by atoms with van der Waals surface area (Å²) in [6.45, 7) is 7.20. The Labute approximate surface area is 221 Å². The Morgan fingerprint density at radius 3 is 2.14 bits per heavy atom. The number of ether oxygens (including phenoxy) is 2. The number of unbranched alkanes of at least 4 members (excludes halogenated alkanes) is 5. The number of rotatable bonds is 13. The first-order valence-electron chi connectivity index (χ1n) is 12.7. The highest BCUT2D eigenvalue weighted by Crippen LogP contribution is 2.29. The molecule has 0 fully saturated rings. The Balaban J connectivity index is 1.92. The fourth-order valence-electron chi connectivity index (χ4n) is 3.46. The molecule has 1 amide bonds. The molecule has 0 bridgehead atoms. The van der Waals surface area contributed by atoms with Crippen LogP contribution in [-0.4, -0.2) is 26.7 Å². The van der Waals surface area contributed by atoms with E-state index in [1.807, 2.05) is 24.3 Å². The lowest BCUT2D eigenvalue weighted by Crippen LogP contribution is -2.26. The number of hydrogen-bond acceptors (Lipinski definition) is 6. The molecule has 9 heteroatoms. The zero-order valence-electron chi connectivity index (χ0n) is 22.6. The van der Waals surface area contributed by atoms with E-state index in [1.165, 1.54) is 49.8 Å². The molecule has 0 spiro atoms. The fraction of sp³-hybridized carbons (Fsp3) is 0.500. The van der Waals surface area contributed by atoms with Gasteiger partial charge >= 0.3 is 12.1 Å². The second-order valence-electron chi connectivity index (χ2n) is 10.3. The summed E-state index contributed by atoms with van der Waals surface area (Å²) in [5, 5.41) is 2.69. The number of nitrogens with one attached hydrogen (secondary N) is 2. The summed E-state index contributed by atoms with van der Waals surface area (Å²) in [6.07, 6.45) is 8.88. The summed E-state index contributed by atoms with van der Waals surface area (Å²) in [7, 11) is -3.64. The number of benzene rings is 2. The molecule has 8 nitrogen and oxygen atoms in total. The predicted molar refractivity (Wildman–Crippen MR) is 147 cm³/mol. The van der Waals surface area contributed by atoms with Gasteiger partial charge in [-0.1, -0.05) is 57.2 Å². The monoisotopic (exact) mass is 532 g/mol. The Hall–Kier alpha value is -3.07. The van der Waals surface area contributed by atoms with Crippen LogP contribution in [0.25, 0.3) is 0 Å². The Kier molecular flexibility index (Phi) is 11.4. The number of carbonyl (C=O) groups excluding carboxylic acids is 2. The SMILES string of the molecule is CCCCCCCCc1ccc(NC(=O)OCc2ccc(OC(=O)C(C)(C)C)c(NS(C)(=O)=O)c2)cc1. The number of aryl methyl sites for hydroxylation is 1. The first-order chi connectivity index (χ1) is 17.4. The van der Waals surface area contributed by atoms with E-state index in [9.17, 15) is 18.0 Å². The minimum absolute atomic E-state index is 0.0691. The molecule has 2 rings (SSSR count). The zero-order valence-corrected chi connectivity index (χ0v) is 23.4. The standard InChI is InChI=1S/C28H40N2O6S/c1-6-7-8-9-10-11-12-21-13-16-23(17-14-21)29-27(32)35-20-22-15-18-25(36-26(31)28(2,3)4)24(19-22)30-37(5,33)34/h13-19,30H,6-12,20H2,1-5H3,(H,29,32). The molecule has 2 aromatic rings. The second kappa shape index (κ2) is 14.0. The summed E-state index contributed by atoms with van der Waals surface area (Å²) in [5.74, 6) is -0.440. The molecule has 0 aliphatic rings. The largest absolute Gasteiger partial charge is 0.444 e. The molecule has 0 saturated heterocycles. The molecule has 0 heterocycles. The van der Waals surface area contributed by atoms with Crippen molar-refractivity contribution in [2.24, 2.45) is 5.41 Å². The lowest BCUT2D eigenvalue weighted by molar-refractivity contribution is -0.142. The van der Waals surface area contributed by atoms with Crippen molar-refractivity contribution in [1.29, 1.82) is 0 Å². The van der Waals surface area contributed by atoms with Crippen molar-refractivity contribution in [3.63, 3.8) is 0 Å². The van der Waals surface area contributed by atoms with Crippen LogP contribution in [0.1, 0.15) is 77.3 Å². The van der Waals surface area contributed by atoms with E-state index in [0.29, 0.717) is 11.3 Å². The first kappa shape index (κ1) is 30.2. The van der Waals surface area contributed by atoms with Gasteiger partial charge in [-0.2, -0.15) is 0 Å². The van der Waals surface area contributed by atoms with Gasteiger partial charge in [0.25, 0.3) is 0 Å². The van der Waals surface area contributed by atoms with Crippen molar-refractivity contribution >= 4 is 33.5 Å². The van der Waals surface area contributed by atoms with Gasteiger partial charge in [0.05, 0.1) is 17.4 Å². The van der Waals surface area contributed by atoms with E-state index in [4.69, 9.17) is 9.47 Å². The highest BCUT2D eigenvalue weighted by Gasteiger charge is 2.25. The highest BCUT2D eigenvalue weighted by atomic mass is 32.2. The molecule has 2 aromatic carbocycles. The molecule has 0 aliphatic carbocycles. The summed E-state index contributed by atoms with van der Waals surface area (Å²) >= 11 is 0. The van der Waals surface area contributed by atoms with Crippen molar-refractivity contribution in [2.45, 2.75) is 79.2 Å². The van der Waals surface area contributed by atoms with Gasteiger partial charge in [0.15, 0.2) is 5.75 Å². The van der Waals surface area contributed by atoms with Crippen molar-refractivity contribution < 1.29 is 27.5 Å². The third-order valence-corrected chi connectivity index (χ3v) is 6.13. The Morgan fingerprint density at radius 2 is 1.51 bits per heavy atom. The van der Waals surface area contributed by atoms with Crippen LogP contribution in [0.4, 0.5) is 16.2 Å². The molecular weight excluding hydrogens is 492 g/mol. The average Bonchev–Trinajstić information content (AvgIpc) is 2.81. The van der Waals surface area contributed by atoms with Gasteiger partial charge in [-0.05, 0) is 69.0 Å². The third kappa shape index (κ3) is 11.7. The first-order valence-corrected chi connectivity index (χ1v) is 14.6. The van der Waals surface area contributed by atoms with Crippen LogP contribution in [0.2, 0.25) is 0 Å². The maximum absolute atomic E-state index is 12.3. The molecule has 2 N–H and O–H groups in total. The van der Waals surface area contributed by atoms with Crippen LogP contribution in [0.3, 0.4) is 0 Å². The van der Waals surface area contributed by atoms with Gasteiger partial charge in [-0.15, -0.1) is 0 Å². The minimum Gasteiger partial charge on any atom is -0.444 e. The number of esters is 1. The quantitative estimate of drug-likeness (QED) is 0.169. The van der Waals surface area contributed by atoms with E-state index in [2.05, 4.69) is 17.0 Å². The van der Waals surface area contributed by atoms with Crippen LogP contribution in [-0.2, 0) is 32.6 Å². The molecule has 37 heavy (non-hydrogen) atoms. The molecule has 0 aliphatic heterocycles. The van der Waals surface area contributed by atoms with Crippen molar-refractivity contribution in [3.05, 3.63) is 53.6 Å².